The van der Waals surface area contributed by atoms with E-state index in [0.29, 0.717) is 30.6 Å². The first kappa shape index (κ1) is 24.8. The normalized spacial score (nSPS) is 17.2. The van der Waals surface area contributed by atoms with Gasteiger partial charge in [-0.2, -0.15) is 5.10 Å². The summed E-state index contributed by atoms with van der Waals surface area (Å²) < 4.78 is 35.0. The summed E-state index contributed by atoms with van der Waals surface area (Å²) in [5.74, 6) is -0.251. The molecule has 1 amide bonds. The lowest BCUT2D eigenvalue weighted by molar-refractivity contribution is -0.143. The first-order valence-corrected chi connectivity index (χ1v) is 12.6. The Bertz CT molecular complexity index is 1140. The Kier molecular flexibility index (Phi) is 8.15. The van der Waals surface area contributed by atoms with E-state index < -0.39 is 28.3 Å². The number of aromatic nitrogens is 2. The smallest absolute Gasteiger partial charge is 0.331 e. The second-order valence-electron chi connectivity index (χ2n) is 7.68. The number of carbonyl (C=O) groups is 2. The predicted molar refractivity (Wildman–Crippen MR) is 124 cm³/mol. The average molecular weight is 496 g/mol. The van der Waals surface area contributed by atoms with Crippen LogP contribution < -0.4 is 10.1 Å². The molecule has 1 saturated heterocycles. The molecular weight excluding hydrogens is 470 g/mol. The standard InChI is InChI=1S/C22H26ClN3O6S/c1-15-19(22(23)26(25-15)17-10-12-33(29,30)14-17)7-8-21(28)32-13-20(27)24-11-9-16-3-5-18(31-2)6-4-16/h3-8,17H,9-14H2,1-2H3,(H,24,27)/b8-7+/t17-/m1/s1. The van der Waals surface area contributed by atoms with Gasteiger partial charge >= 0.3 is 5.97 Å². The lowest BCUT2D eigenvalue weighted by atomic mass is 10.1. The number of rotatable bonds is 9. The molecule has 1 aliphatic rings. The molecule has 9 nitrogen and oxygen atoms in total. The molecule has 0 aliphatic carbocycles. The zero-order chi connectivity index (χ0) is 24.0. The molecule has 1 atom stereocenters. The van der Waals surface area contributed by atoms with Crippen molar-refractivity contribution in [3.63, 3.8) is 0 Å². The maximum absolute atomic E-state index is 12.0. The minimum absolute atomic E-state index is 0.00733. The molecule has 11 heteroatoms. The molecule has 1 aliphatic heterocycles. The van der Waals surface area contributed by atoms with Crippen molar-refractivity contribution in [2.45, 2.75) is 25.8 Å². The highest BCUT2D eigenvalue weighted by molar-refractivity contribution is 7.91. The van der Waals surface area contributed by atoms with E-state index in [4.69, 9.17) is 21.1 Å². The van der Waals surface area contributed by atoms with Crippen LogP contribution in [0.4, 0.5) is 0 Å². The SMILES string of the molecule is COc1ccc(CCNC(=O)COC(=O)/C=C/c2c(C)nn([C@@H]3CCS(=O)(=O)C3)c2Cl)cc1. The molecule has 1 N–H and O–H groups in total. The van der Waals surface area contributed by atoms with Crippen LogP contribution in [0.2, 0.25) is 5.15 Å². The van der Waals surface area contributed by atoms with Crippen molar-refractivity contribution in [3.05, 3.63) is 52.3 Å². The number of hydrogen-bond donors (Lipinski definition) is 1. The van der Waals surface area contributed by atoms with Crippen molar-refractivity contribution in [2.75, 3.05) is 31.8 Å². The van der Waals surface area contributed by atoms with Gasteiger partial charge in [0.25, 0.3) is 5.91 Å². The van der Waals surface area contributed by atoms with Crippen molar-refractivity contribution < 1.29 is 27.5 Å². The van der Waals surface area contributed by atoms with Crippen molar-refractivity contribution in [1.29, 1.82) is 0 Å². The number of nitrogens with one attached hydrogen (secondary N) is 1. The van der Waals surface area contributed by atoms with Gasteiger partial charge < -0.3 is 14.8 Å². The molecule has 1 fully saturated rings. The largest absolute Gasteiger partial charge is 0.497 e. The lowest BCUT2D eigenvalue weighted by Gasteiger charge is -2.09. The van der Waals surface area contributed by atoms with E-state index >= 15 is 0 Å². The molecule has 0 radical (unpaired) electrons. The minimum atomic E-state index is -3.09. The molecule has 33 heavy (non-hydrogen) atoms. The maximum Gasteiger partial charge on any atom is 0.331 e. The molecular formula is C22H26ClN3O6S. The molecule has 178 valence electrons. The summed E-state index contributed by atoms with van der Waals surface area (Å²) in [7, 11) is -1.49. The Morgan fingerprint density at radius 2 is 2.03 bits per heavy atom. The van der Waals surface area contributed by atoms with Gasteiger partial charge in [0.1, 0.15) is 10.9 Å². The van der Waals surface area contributed by atoms with E-state index in [2.05, 4.69) is 10.4 Å². The van der Waals surface area contributed by atoms with E-state index in [1.807, 2.05) is 24.3 Å². The third kappa shape index (κ3) is 6.82. The summed E-state index contributed by atoms with van der Waals surface area (Å²) in [5.41, 5.74) is 2.10. The van der Waals surface area contributed by atoms with Crippen molar-refractivity contribution in [1.82, 2.24) is 15.1 Å². The van der Waals surface area contributed by atoms with Gasteiger partial charge in [-0.05, 0) is 43.5 Å². The molecule has 3 rings (SSSR count). The number of nitrogens with zero attached hydrogens (tertiary/aromatic N) is 2. The summed E-state index contributed by atoms with van der Waals surface area (Å²) in [5, 5.41) is 7.28. The summed E-state index contributed by atoms with van der Waals surface area (Å²) in [6.07, 6.45) is 3.69. The monoisotopic (exact) mass is 495 g/mol. The van der Waals surface area contributed by atoms with Crippen LogP contribution >= 0.6 is 11.6 Å². The third-order valence-corrected chi connectivity index (χ3v) is 7.38. The Hall–Kier alpha value is -2.85. The van der Waals surface area contributed by atoms with Gasteiger partial charge in [0.15, 0.2) is 16.4 Å². The number of carbonyl (C=O) groups excluding carboxylic acids is 2. The molecule has 2 heterocycles. The summed E-state index contributed by atoms with van der Waals surface area (Å²) >= 11 is 6.37. The number of aryl methyl sites for hydroxylation is 1. The zero-order valence-corrected chi connectivity index (χ0v) is 20.0. The number of benzene rings is 1. The highest BCUT2D eigenvalue weighted by Gasteiger charge is 2.31. The number of amides is 1. The molecule has 1 aromatic carbocycles. The van der Waals surface area contributed by atoms with Crippen LogP contribution in [0.3, 0.4) is 0 Å². The molecule has 0 unspecified atom stereocenters. The first-order chi connectivity index (χ1) is 15.7. The quantitative estimate of drug-likeness (QED) is 0.418. The van der Waals surface area contributed by atoms with Gasteiger partial charge in [0, 0.05) is 18.2 Å². The maximum atomic E-state index is 12.0. The fourth-order valence-corrected chi connectivity index (χ4v) is 5.52. The fraction of sp³-hybridized carbons (Fsp3) is 0.409. The van der Waals surface area contributed by atoms with E-state index in [-0.39, 0.29) is 22.7 Å². The van der Waals surface area contributed by atoms with E-state index in [1.165, 1.54) is 10.8 Å². The van der Waals surface area contributed by atoms with Gasteiger partial charge in [0.05, 0.1) is 30.4 Å². The number of hydrogen-bond acceptors (Lipinski definition) is 7. The number of ether oxygens (including phenoxy) is 2. The second-order valence-corrected chi connectivity index (χ2v) is 10.3. The molecule has 2 aromatic rings. The topological polar surface area (TPSA) is 117 Å². The Morgan fingerprint density at radius 1 is 1.30 bits per heavy atom. The second kappa shape index (κ2) is 10.8. The Morgan fingerprint density at radius 3 is 2.67 bits per heavy atom. The first-order valence-electron chi connectivity index (χ1n) is 10.4. The summed E-state index contributed by atoms with van der Waals surface area (Å²) in [6.45, 7) is 1.72. The summed E-state index contributed by atoms with van der Waals surface area (Å²) in [6, 6.07) is 7.20. The molecule has 1 aromatic heterocycles. The van der Waals surface area contributed by atoms with E-state index in [9.17, 15) is 18.0 Å². The molecule has 0 saturated carbocycles. The highest BCUT2D eigenvalue weighted by Crippen LogP contribution is 2.30. The van der Waals surface area contributed by atoms with Gasteiger partial charge in [-0.3, -0.25) is 4.79 Å². The van der Waals surface area contributed by atoms with Crippen LogP contribution in [0, 0.1) is 6.92 Å². The van der Waals surface area contributed by atoms with Crippen LogP contribution in [-0.2, 0) is 30.6 Å². The van der Waals surface area contributed by atoms with Crippen LogP contribution in [0.5, 0.6) is 5.75 Å². The highest BCUT2D eigenvalue weighted by atomic mass is 35.5. The van der Waals surface area contributed by atoms with Gasteiger partial charge in [-0.15, -0.1) is 0 Å². The van der Waals surface area contributed by atoms with Crippen LogP contribution in [0.25, 0.3) is 6.08 Å². The minimum Gasteiger partial charge on any atom is -0.497 e. The third-order valence-electron chi connectivity index (χ3n) is 5.25. The van der Waals surface area contributed by atoms with Crippen molar-refractivity contribution >= 4 is 39.4 Å². The Labute approximate surface area is 197 Å². The average Bonchev–Trinajstić information content (AvgIpc) is 3.29. The fourth-order valence-electron chi connectivity index (χ4n) is 3.46. The lowest BCUT2D eigenvalue weighted by Crippen LogP contribution is -2.30. The van der Waals surface area contributed by atoms with Crippen LogP contribution in [0.15, 0.2) is 30.3 Å². The van der Waals surface area contributed by atoms with Crippen molar-refractivity contribution in [3.8, 4) is 5.75 Å². The van der Waals surface area contributed by atoms with Crippen LogP contribution in [0.1, 0.15) is 29.3 Å². The zero-order valence-electron chi connectivity index (χ0n) is 18.4. The molecule has 0 bridgehead atoms. The van der Waals surface area contributed by atoms with E-state index in [1.54, 1.807) is 14.0 Å². The van der Waals surface area contributed by atoms with Gasteiger partial charge in [-0.1, -0.05) is 23.7 Å². The van der Waals surface area contributed by atoms with Crippen LogP contribution in [-0.4, -0.2) is 61.8 Å². The number of methoxy groups -OCH3 is 1. The Balaban J connectivity index is 1.45. The molecule has 0 spiro atoms. The van der Waals surface area contributed by atoms with Gasteiger partial charge in [0.2, 0.25) is 0 Å². The predicted octanol–water partition coefficient (Wildman–Crippen LogP) is 2.13. The van der Waals surface area contributed by atoms with Crippen molar-refractivity contribution in [2.24, 2.45) is 0 Å². The number of halogens is 1. The van der Waals surface area contributed by atoms with E-state index in [0.717, 1.165) is 17.4 Å². The summed E-state index contributed by atoms with van der Waals surface area (Å²) in [4.78, 5) is 23.9. The van der Waals surface area contributed by atoms with Gasteiger partial charge in [-0.25, -0.2) is 17.9 Å². The number of esters is 1. The number of sulfone groups is 1.